The molecule has 1 heterocycles. The second-order valence-electron chi connectivity index (χ2n) is 5.60. The molecule has 0 bridgehead atoms. The van der Waals surface area contributed by atoms with E-state index in [0.717, 1.165) is 19.3 Å². The standard InChI is InChI=1S/C14H22N2O5S2/c1-12(16-6-8-21-9-7-16)11-15-23(19,20)14-5-3-4-13(10-14)22(2,17)18/h3-5,10,12,15H,6-9,11H2,1-2H3. The second-order valence-corrected chi connectivity index (χ2v) is 9.38. The van der Waals surface area contributed by atoms with Gasteiger partial charge in [-0.25, -0.2) is 21.6 Å². The summed E-state index contributed by atoms with van der Waals surface area (Å²) in [5.41, 5.74) is 0. The van der Waals surface area contributed by atoms with Gasteiger partial charge in [0.05, 0.1) is 23.0 Å². The minimum absolute atomic E-state index is 0.0124. The van der Waals surface area contributed by atoms with Crippen LogP contribution in [-0.2, 0) is 24.6 Å². The first-order valence-corrected chi connectivity index (χ1v) is 10.7. The molecule has 1 aromatic carbocycles. The van der Waals surface area contributed by atoms with Gasteiger partial charge in [-0.15, -0.1) is 0 Å². The van der Waals surface area contributed by atoms with Gasteiger partial charge < -0.3 is 4.74 Å². The largest absolute Gasteiger partial charge is 0.379 e. The molecular formula is C14H22N2O5S2. The molecule has 23 heavy (non-hydrogen) atoms. The fourth-order valence-electron chi connectivity index (χ4n) is 2.33. The van der Waals surface area contributed by atoms with Crippen LogP contribution in [0.2, 0.25) is 0 Å². The van der Waals surface area contributed by atoms with Crippen LogP contribution < -0.4 is 4.72 Å². The van der Waals surface area contributed by atoms with Crippen molar-refractivity contribution in [1.82, 2.24) is 9.62 Å². The van der Waals surface area contributed by atoms with Gasteiger partial charge in [-0.2, -0.15) is 0 Å². The number of ether oxygens (including phenoxy) is 1. The number of benzene rings is 1. The number of hydrogen-bond donors (Lipinski definition) is 1. The van der Waals surface area contributed by atoms with E-state index in [9.17, 15) is 16.8 Å². The molecule has 0 radical (unpaired) electrons. The summed E-state index contributed by atoms with van der Waals surface area (Å²) < 4.78 is 55.6. The van der Waals surface area contributed by atoms with E-state index in [4.69, 9.17) is 4.74 Å². The van der Waals surface area contributed by atoms with Crippen LogP contribution >= 0.6 is 0 Å². The molecule has 7 nitrogen and oxygen atoms in total. The summed E-state index contributed by atoms with van der Waals surface area (Å²) in [5.74, 6) is 0. The lowest BCUT2D eigenvalue weighted by Crippen LogP contribution is -2.47. The van der Waals surface area contributed by atoms with Crippen molar-refractivity contribution in [3.8, 4) is 0 Å². The summed E-state index contributed by atoms with van der Waals surface area (Å²) in [7, 11) is -7.20. The lowest BCUT2D eigenvalue weighted by Gasteiger charge is -2.32. The van der Waals surface area contributed by atoms with E-state index in [1.807, 2.05) is 6.92 Å². The first-order chi connectivity index (χ1) is 10.7. The molecule has 1 aliphatic rings. The molecule has 1 aromatic rings. The Hall–Kier alpha value is -1.00. The number of nitrogens with one attached hydrogen (secondary N) is 1. The molecular weight excluding hydrogens is 340 g/mol. The predicted molar refractivity (Wildman–Crippen MR) is 86.6 cm³/mol. The zero-order valence-electron chi connectivity index (χ0n) is 13.2. The lowest BCUT2D eigenvalue weighted by molar-refractivity contribution is 0.0213. The van der Waals surface area contributed by atoms with Gasteiger partial charge in [0, 0.05) is 31.9 Å². The van der Waals surface area contributed by atoms with Crippen molar-refractivity contribution in [2.75, 3.05) is 39.1 Å². The molecule has 0 aromatic heterocycles. The maximum absolute atomic E-state index is 12.3. The average molecular weight is 362 g/mol. The average Bonchev–Trinajstić information content (AvgIpc) is 2.53. The van der Waals surface area contributed by atoms with E-state index in [0.29, 0.717) is 13.2 Å². The highest BCUT2D eigenvalue weighted by atomic mass is 32.2. The Morgan fingerprint density at radius 3 is 2.39 bits per heavy atom. The highest BCUT2D eigenvalue weighted by Crippen LogP contribution is 2.15. The molecule has 0 spiro atoms. The Labute approximate surface area is 137 Å². The minimum Gasteiger partial charge on any atom is -0.379 e. The number of rotatable bonds is 6. The van der Waals surface area contributed by atoms with Crippen LogP contribution in [-0.4, -0.2) is 66.9 Å². The van der Waals surface area contributed by atoms with E-state index >= 15 is 0 Å². The summed E-state index contributed by atoms with van der Waals surface area (Å²) in [4.78, 5) is 2.09. The second kappa shape index (κ2) is 7.27. The zero-order chi connectivity index (χ0) is 17.1. The van der Waals surface area contributed by atoms with Crippen LogP contribution in [0.3, 0.4) is 0 Å². The SMILES string of the molecule is CC(CNS(=O)(=O)c1cccc(S(C)(=O)=O)c1)N1CCOCC1. The Morgan fingerprint density at radius 1 is 1.17 bits per heavy atom. The Bertz CT molecular complexity index is 740. The molecule has 130 valence electrons. The number of sulfone groups is 1. The Kier molecular flexibility index (Phi) is 5.79. The molecule has 1 atom stereocenters. The van der Waals surface area contributed by atoms with E-state index in [2.05, 4.69) is 9.62 Å². The highest BCUT2D eigenvalue weighted by molar-refractivity contribution is 7.91. The van der Waals surface area contributed by atoms with Gasteiger partial charge in [-0.1, -0.05) is 6.07 Å². The van der Waals surface area contributed by atoms with Crippen molar-refractivity contribution in [3.05, 3.63) is 24.3 Å². The number of hydrogen-bond acceptors (Lipinski definition) is 6. The van der Waals surface area contributed by atoms with Crippen LogP contribution in [0.5, 0.6) is 0 Å². The van der Waals surface area contributed by atoms with Crippen LogP contribution in [0.1, 0.15) is 6.92 Å². The summed E-state index contributed by atoms with van der Waals surface area (Å²) in [5, 5.41) is 0. The van der Waals surface area contributed by atoms with Crippen LogP contribution in [0.15, 0.2) is 34.1 Å². The predicted octanol–water partition coefficient (Wildman–Crippen LogP) is 0.0891. The first kappa shape index (κ1) is 18.3. The van der Waals surface area contributed by atoms with Gasteiger partial charge in [-0.3, -0.25) is 4.90 Å². The molecule has 2 rings (SSSR count). The van der Waals surface area contributed by atoms with Crippen molar-refractivity contribution in [2.45, 2.75) is 22.8 Å². The fourth-order valence-corrected chi connectivity index (χ4v) is 4.24. The molecule has 1 fully saturated rings. The first-order valence-electron chi connectivity index (χ1n) is 7.32. The fraction of sp³-hybridized carbons (Fsp3) is 0.571. The lowest BCUT2D eigenvalue weighted by atomic mass is 10.2. The van der Waals surface area contributed by atoms with Crippen molar-refractivity contribution in [1.29, 1.82) is 0 Å². The van der Waals surface area contributed by atoms with Crippen molar-refractivity contribution < 1.29 is 21.6 Å². The topological polar surface area (TPSA) is 92.8 Å². The third kappa shape index (κ3) is 4.98. The van der Waals surface area contributed by atoms with Gasteiger partial charge in [0.15, 0.2) is 9.84 Å². The number of morpholine rings is 1. The van der Waals surface area contributed by atoms with Gasteiger partial charge in [0.2, 0.25) is 10.0 Å². The van der Waals surface area contributed by atoms with Crippen LogP contribution in [0, 0.1) is 0 Å². The Balaban J connectivity index is 2.07. The minimum atomic E-state index is -3.75. The molecule has 9 heteroatoms. The molecule has 0 saturated carbocycles. The summed E-state index contributed by atoms with van der Waals surface area (Å²) in [6.07, 6.45) is 1.05. The smallest absolute Gasteiger partial charge is 0.240 e. The van der Waals surface area contributed by atoms with Gasteiger partial charge in [-0.05, 0) is 25.1 Å². The molecule has 1 N–H and O–H groups in total. The molecule has 1 unspecified atom stereocenters. The van der Waals surface area contributed by atoms with Crippen molar-refractivity contribution >= 4 is 19.9 Å². The highest BCUT2D eigenvalue weighted by Gasteiger charge is 2.21. The quantitative estimate of drug-likeness (QED) is 0.771. The van der Waals surface area contributed by atoms with E-state index in [1.54, 1.807) is 0 Å². The van der Waals surface area contributed by atoms with E-state index in [-0.39, 0.29) is 22.4 Å². The van der Waals surface area contributed by atoms with Gasteiger partial charge >= 0.3 is 0 Å². The monoisotopic (exact) mass is 362 g/mol. The zero-order valence-corrected chi connectivity index (χ0v) is 14.9. The summed E-state index contributed by atoms with van der Waals surface area (Å²) in [6.45, 7) is 5.03. The normalized spacial score (nSPS) is 18.7. The van der Waals surface area contributed by atoms with Gasteiger partial charge in [0.1, 0.15) is 0 Å². The third-order valence-electron chi connectivity index (χ3n) is 3.78. The van der Waals surface area contributed by atoms with Crippen molar-refractivity contribution in [2.24, 2.45) is 0 Å². The maximum Gasteiger partial charge on any atom is 0.240 e. The number of nitrogens with zero attached hydrogens (tertiary/aromatic N) is 1. The molecule has 0 aliphatic carbocycles. The van der Waals surface area contributed by atoms with Crippen LogP contribution in [0.25, 0.3) is 0 Å². The Morgan fingerprint density at radius 2 is 1.78 bits per heavy atom. The van der Waals surface area contributed by atoms with Crippen molar-refractivity contribution in [3.63, 3.8) is 0 Å². The molecule has 1 saturated heterocycles. The molecule has 1 aliphatic heterocycles. The van der Waals surface area contributed by atoms with E-state index in [1.165, 1.54) is 24.3 Å². The van der Waals surface area contributed by atoms with Gasteiger partial charge in [0.25, 0.3) is 0 Å². The van der Waals surface area contributed by atoms with E-state index < -0.39 is 19.9 Å². The van der Waals surface area contributed by atoms with Crippen LogP contribution in [0.4, 0.5) is 0 Å². The summed E-state index contributed by atoms with van der Waals surface area (Å²) in [6, 6.07) is 5.40. The number of sulfonamides is 1. The summed E-state index contributed by atoms with van der Waals surface area (Å²) >= 11 is 0. The molecule has 0 amide bonds. The third-order valence-corrected chi connectivity index (χ3v) is 6.31. The maximum atomic E-state index is 12.3.